The minimum Gasteiger partial charge on any atom is -0.378 e. The van der Waals surface area contributed by atoms with Crippen molar-refractivity contribution in [3.8, 4) is 11.1 Å². The molecule has 0 saturated carbocycles. The van der Waals surface area contributed by atoms with Crippen LogP contribution < -0.4 is 4.90 Å². The van der Waals surface area contributed by atoms with Crippen LogP contribution in [0, 0.1) is 0 Å². The largest absolute Gasteiger partial charge is 0.451 e. The molecule has 7 nitrogen and oxygen atoms in total. The van der Waals surface area contributed by atoms with Crippen molar-refractivity contribution in [1.82, 2.24) is 19.9 Å². The molecule has 164 valence electrons. The van der Waals surface area contributed by atoms with Gasteiger partial charge in [0.15, 0.2) is 0 Å². The number of anilines is 1. The van der Waals surface area contributed by atoms with E-state index >= 15 is 0 Å². The number of nitrogens with zero attached hydrogens (tertiary/aromatic N) is 5. The van der Waals surface area contributed by atoms with Gasteiger partial charge in [-0.1, -0.05) is 6.07 Å². The minimum atomic E-state index is -4.72. The number of fused-ring (bicyclic) bond motifs is 5. The van der Waals surface area contributed by atoms with Crippen molar-refractivity contribution in [2.75, 3.05) is 44.3 Å². The molecule has 1 aliphatic carbocycles. The van der Waals surface area contributed by atoms with E-state index in [2.05, 4.69) is 24.8 Å². The van der Waals surface area contributed by atoms with Gasteiger partial charge in [-0.3, -0.25) is 14.7 Å². The van der Waals surface area contributed by atoms with Gasteiger partial charge in [0.25, 0.3) is 0 Å². The van der Waals surface area contributed by atoms with Gasteiger partial charge in [-0.05, 0) is 12.1 Å². The number of carbonyl (C=O) groups excluding carboxylic acids is 1. The van der Waals surface area contributed by atoms with Crippen LogP contribution >= 0.6 is 0 Å². The predicted octanol–water partition coefficient (Wildman–Crippen LogP) is 2.78. The average molecular weight is 441 g/mol. The number of piperazine rings is 1. The monoisotopic (exact) mass is 441 g/mol. The topological polar surface area (TPSA) is 71.5 Å². The number of pyridine rings is 1. The van der Waals surface area contributed by atoms with Gasteiger partial charge in [-0.15, -0.1) is 0 Å². The molecule has 0 radical (unpaired) electrons. The SMILES string of the molecule is O=C1c2cnc3cccc(N4CCN(C5COC5)CC4)c3c2-c2cnc(C(F)(F)F)nc21. The van der Waals surface area contributed by atoms with Crippen molar-refractivity contribution in [1.29, 1.82) is 0 Å². The first kappa shape index (κ1) is 19.6. The number of halogens is 3. The van der Waals surface area contributed by atoms with Gasteiger partial charge in [-0.25, -0.2) is 9.97 Å². The second-order valence-corrected chi connectivity index (χ2v) is 8.22. The van der Waals surface area contributed by atoms with Crippen LogP contribution in [0.5, 0.6) is 0 Å². The summed E-state index contributed by atoms with van der Waals surface area (Å²) >= 11 is 0. The summed E-state index contributed by atoms with van der Waals surface area (Å²) in [7, 11) is 0. The lowest BCUT2D eigenvalue weighted by molar-refractivity contribution is -0.145. The number of ether oxygens (including phenoxy) is 1. The maximum atomic E-state index is 13.1. The van der Waals surface area contributed by atoms with E-state index in [9.17, 15) is 18.0 Å². The summed E-state index contributed by atoms with van der Waals surface area (Å²) in [4.78, 5) is 29.1. The van der Waals surface area contributed by atoms with Gasteiger partial charge in [0.1, 0.15) is 5.69 Å². The van der Waals surface area contributed by atoms with E-state index in [1.165, 1.54) is 6.20 Å². The van der Waals surface area contributed by atoms with Crippen LogP contribution in [-0.4, -0.2) is 71.1 Å². The van der Waals surface area contributed by atoms with Gasteiger partial charge in [0, 0.05) is 60.8 Å². The zero-order chi connectivity index (χ0) is 22.0. The molecule has 2 saturated heterocycles. The molecule has 4 heterocycles. The lowest BCUT2D eigenvalue weighted by atomic mass is 10.0. The summed E-state index contributed by atoms with van der Waals surface area (Å²) in [6.45, 7) is 4.91. The van der Waals surface area contributed by atoms with Gasteiger partial charge >= 0.3 is 6.18 Å². The third-order valence-electron chi connectivity index (χ3n) is 6.44. The van der Waals surface area contributed by atoms with E-state index < -0.39 is 17.8 Å². The zero-order valence-electron chi connectivity index (χ0n) is 16.9. The highest BCUT2D eigenvalue weighted by molar-refractivity contribution is 6.25. The minimum absolute atomic E-state index is 0.221. The fourth-order valence-corrected chi connectivity index (χ4v) is 4.70. The highest BCUT2D eigenvalue weighted by atomic mass is 19.4. The highest BCUT2D eigenvalue weighted by Crippen LogP contribution is 2.44. The molecule has 2 aliphatic heterocycles. The molecular weight excluding hydrogens is 423 g/mol. The maximum absolute atomic E-state index is 13.1. The van der Waals surface area contributed by atoms with Gasteiger partial charge < -0.3 is 9.64 Å². The van der Waals surface area contributed by atoms with Crippen molar-refractivity contribution < 1.29 is 22.7 Å². The van der Waals surface area contributed by atoms with Crippen LogP contribution in [0.3, 0.4) is 0 Å². The van der Waals surface area contributed by atoms with Crippen molar-refractivity contribution >= 4 is 22.4 Å². The molecule has 0 N–H and O–H groups in total. The second kappa shape index (κ2) is 6.94. The van der Waals surface area contributed by atoms with Crippen molar-refractivity contribution in [3.05, 3.63) is 47.7 Å². The van der Waals surface area contributed by atoms with E-state index in [1.54, 1.807) is 0 Å². The Morgan fingerprint density at radius 3 is 2.44 bits per heavy atom. The van der Waals surface area contributed by atoms with Crippen LogP contribution in [0.4, 0.5) is 18.9 Å². The number of benzene rings is 1. The fourth-order valence-electron chi connectivity index (χ4n) is 4.70. The van der Waals surface area contributed by atoms with E-state index in [0.29, 0.717) is 22.7 Å². The van der Waals surface area contributed by atoms with Gasteiger partial charge in [0.05, 0.1) is 30.3 Å². The summed E-state index contributed by atoms with van der Waals surface area (Å²) in [5.74, 6) is -1.87. The number of alkyl halides is 3. The number of hydrogen-bond acceptors (Lipinski definition) is 7. The molecule has 3 aliphatic rings. The third-order valence-corrected chi connectivity index (χ3v) is 6.44. The van der Waals surface area contributed by atoms with Crippen LogP contribution in [-0.2, 0) is 10.9 Å². The normalized spacial score (nSPS) is 19.2. The van der Waals surface area contributed by atoms with Crippen LogP contribution in [0.15, 0.2) is 30.6 Å². The van der Waals surface area contributed by atoms with E-state index in [1.807, 2.05) is 18.2 Å². The standard InChI is InChI=1S/C22H18F3N5O2/c23-22(24,25)21-27-8-13-17-14(20(31)19(13)28-21)9-26-15-2-1-3-16(18(15)17)30-6-4-29(5-7-30)12-10-32-11-12/h1-3,8-9,12H,4-7,10-11H2. The predicted molar refractivity (Wildman–Crippen MR) is 110 cm³/mol. The molecule has 2 aromatic heterocycles. The quantitative estimate of drug-likeness (QED) is 0.474. The van der Waals surface area contributed by atoms with Crippen LogP contribution in [0.2, 0.25) is 0 Å². The third kappa shape index (κ3) is 2.90. The van der Waals surface area contributed by atoms with Crippen LogP contribution in [0.25, 0.3) is 22.0 Å². The number of aromatic nitrogens is 3. The summed E-state index contributed by atoms with van der Waals surface area (Å²) in [6.07, 6.45) is -2.19. The zero-order valence-corrected chi connectivity index (χ0v) is 16.9. The van der Waals surface area contributed by atoms with Gasteiger partial charge in [0.2, 0.25) is 11.6 Å². The Kier molecular flexibility index (Phi) is 4.25. The Morgan fingerprint density at radius 1 is 1.00 bits per heavy atom. The van der Waals surface area contributed by atoms with E-state index in [4.69, 9.17) is 4.74 Å². The molecular formula is C22H18F3N5O2. The molecule has 0 amide bonds. The Labute approximate surface area is 180 Å². The second-order valence-electron chi connectivity index (χ2n) is 8.22. The Balaban J connectivity index is 1.45. The fraction of sp³-hybridized carbons (Fsp3) is 0.364. The lowest BCUT2D eigenvalue weighted by Gasteiger charge is -2.43. The average Bonchev–Trinajstić information content (AvgIpc) is 3.04. The van der Waals surface area contributed by atoms with Crippen molar-refractivity contribution in [2.45, 2.75) is 12.2 Å². The Bertz CT molecular complexity index is 1250. The molecule has 0 bridgehead atoms. The highest BCUT2D eigenvalue weighted by Gasteiger charge is 2.39. The summed E-state index contributed by atoms with van der Waals surface area (Å²) in [6, 6.07) is 6.19. The van der Waals surface area contributed by atoms with Crippen molar-refractivity contribution in [2.24, 2.45) is 0 Å². The molecule has 10 heteroatoms. The molecule has 32 heavy (non-hydrogen) atoms. The molecule has 3 aromatic rings. The van der Waals surface area contributed by atoms with Crippen LogP contribution in [0.1, 0.15) is 21.9 Å². The molecule has 0 unspecified atom stereocenters. The number of carbonyl (C=O) groups is 1. The first-order chi connectivity index (χ1) is 15.4. The summed E-state index contributed by atoms with van der Waals surface area (Å²) in [5.41, 5.74) is 2.52. The summed E-state index contributed by atoms with van der Waals surface area (Å²) < 4.78 is 44.7. The first-order valence-corrected chi connectivity index (χ1v) is 10.4. The molecule has 6 rings (SSSR count). The van der Waals surface area contributed by atoms with E-state index in [-0.39, 0.29) is 11.3 Å². The lowest BCUT2D eigenvalue weighted by Crippen LogP contribution is -2.56. The molecule has 0 spiro atoms. The van der Waals surface area contributed by atoms with Crippen molar-refractivity contribution in [3.63, 3.8) is 0 Å². The first-order valence-electron chi connectivity index (χ1n) is 10.4. The maximum Gasteiger partial charge on any atom is 0.451 e. The molecule has 0 atom stereocenters. The number of rotatable bonds is 2. The number of ketones is 1. The summed E-state index contributed by atoms with van der Waals surface area (Å²) in [5, 5.41) is 0.751. The Hall–Kier alpha value is -3.11. The van der Waals surface area contributed by atoms with E-state index in [0.717, 1.165) is 56.7 Å². The smallest absolute Gasteiger partial charge is 0.378 e. The van der Waals surface area contributed by atoms with Gasteiger partial charge in [-0.2, -0.15) is 13.2 Å². The molecule has 2 fully saturated rings. The Morgan fingerprint density at radius 2 is 1.75 bits per heavy atom. The number of hydrogen-bond donors (Lipinski definition) is 0. The molecule has 1 aromatic carbocycles.